The minimum absolute atomic E-state index is 0.0653. The van der Waals surface area contributed by atoms with Crippen LogP contribution in [0.3, 0.4) is 0 Å². The van der Waals surface area contributed by atoms with Gasteiger partial charge in [-0.2, -0.15) is 0 Å². The summed E-state index contributed by atoms with van der Waals surface area (Å²) in [5.74, 6) is -0.915. The molecular formula is C24H31ClFN3O4. The van der Waals surface area contributed by atoms with Crippen LogP contribution in [0.4, 0.5) is 9.18 Å². The second kappa shape index (κ2) is 9.97. The maximum atomic E-state index is 14.1. The number of benzene rings is 1. The van der Waals surface area contributed by atoms with E-state index < -0.39 is 11.4 Å². The first-order chi connectivity index (χ1) is 15.9. The predicted molar refractivity (Wildman–Crippen MR) is 121 cm³/mol. The maximum Gasteiger partial charge on any atom is 0.325 e. The Kier molecular flexibility index (Phi) is 7.24. The van der Waals surface area contributed by atoms with E-state index in [4.69, 9.17) is 16.3 Å². The molecule has 180 valence electrons. The number of likely N-dealkylation sites (tertiary alicyclic amines) is 1. The fourth-order valence-corrected chi connectivity index (χ4v) is 5.66. The molecule has 3 fully saturated rings. The number of hydrogen-bond donors (Lipinski definition) is 1. The van der Waals surface area contributed by atoms with Crippen LogP contribution in [0.5, 0.6) is 0 Å². The van der Waals surface area contributed by atoms with Crippen LogP contribution in [-0.4, -0.2) is 65.5 Å². The molecule has 9 heteroatoms. The quantitative estimate of drug-likeness (QED) is 0.607. The predicted octanol–water partition coefficient (Wildman–Crippen LogP) is 3.53. The zero-order chi connectivity index (χ0) is 23.6. The summed E-state index contributed by atoms with van der Waals surface area (Å²) in [5, 5.41) is 3.26. The van der Waals surface area contributed by atoms with Gasteiger partial charge in [0, 0.05) is 30.3 Å². The summed E-state index contributed by atoms with van der Waals surface area (Å²) >= 11 is 6.08. The molecule has 0 spiro atoms. The first-order valence-corrected chi connectivity index (χ1v) is 12.2. The number of rotatable bonds is 7. The Morgan fingerprint density at radius 1 is 1.27 bits per heavy atom. The Labute approximate surface area is 198 Å². The van der Waals surface area contributed by atoms with E-state index in [1.165, 1.54) is 17.0 Å². The molecule has 1 aromatic carbocycles. The van der Waals surface area contributed by atoms with Gasteiger partial charge in [0.15, 0.2) is 0 Å². The molecule has 3 saturated heterocycles. The molecule has 0 aliphatic carbocycles. The topological polar surface area (TPSA) is 79.0 Å². The molecule has 4 amide bonds. The van der Waals surface area contributed by atoms with E-state index in [2.05, 4.69) is 5.32 Å². The minimum atomic E-state index is -0.936. The number of imide groups is 1. The van der Waals surface area contributed by atoms with Crippen LogP contribution in [0, 0.1) is 11.7 Å². The number of nitrogens with zero attached hydrogens (tertiary/aromatic N) is 2. The van der Waals surface area contributed by atoms with E-state index in [9.17, 15) is 18.8 Å². The largest absolute Gasteiger partial charge is 0.376 e. The van der Waals surface area contributed by atoms with Crippen LogP contribution in [0.1, 0.15) is 51.0 Å². The Hall–Kier alpha value is -2.19. The average molecular weight is 480 g/mol. The SMILES string of the molecule is CCCC1(C2CCN(C(=O)Cc3c(F)cccc3Cl)CC2)NC(=O)N(CC2CCCO2)C1=O. The lowest BCUT2D eigenvalue weighted by atomic mass is 9.74. The number of halogens is 2. The molecule has 1 aromatic rings. The van der Waals surface area contributed by atoms with Gasteiger partial charge >= 0.3 is 6.03 Å². The first kappa shape index (κ1) is 24.0. The Morgan fingerprint density at radius 2 is 2.03 bits per heavy atom. The lowest BCUT2D eigenvalue weighted by molar-refractivity contribution is -0.136. The van der Waals surface area contributed by atoms with Crippen LogP contribution < -0.4 is 5.32 Å². The monoisotopic (exact) mass is 479 g/mol. The van der Waals surface area contributed by atoms with Crippen molar-refractivity contribution >= 4 is 29.4 Å². The van der Waals surface area contributed by atoms with Crippen LogP contribution in [0.15, 0.2) is 18.2 Å². The van der Waals surface area contributed by atoms with Gasteiger partial charge in [0.2, 0.25) is 5.91 Å². The Morgan fingerprint density at radius 3 is 2.67 bits per heavy atom. The van der Waals surface area contributed by atoms with Crippen molar-refractivity contribution in [3.8, 4) is 0 Å². The van der Waals surface area contributed by atoms with Crippen molar-refractivity contribution in [2.45, 2.75) is 63.5 Å². The van der Waals surface area contributed by atoms with Crippen molar-refractivity contribution in [3.63, 3.8) is 0 Å². The smallest absolute Gasteiger partial charge is 0.325 e. The third kappa shape index (κ3) is 4.73. The fourth-order valence-electron chi connectivity index (χ4n) is 5.43. The summed E-state index contributed by atoms with van der Waals surface area (Å²) in [5.41, 5.74) is -0.731. The van der Waals surface area contributed by atoms with Gasteiger partial charge < -0.3 is 15.0 Å². The summed E-state index contributed by atoms with van der Waals surface area (Å²) in [7, 11) is 0. The molecule has 33 heavy (non-hydrogen) atoms. The van der Waals surface area contributed by atoms with E-state index in [-0.39, 0.29) is 53.4 Å². The van der Waals surface area contributed by atoms with E-state index in [1.54, 1.807) is 11.0 Å². The van der Waals surface area contributed by atoms with Crippen molar-refractivity contribution in [3.05, 3.63) is 34.6 Å². The zero-order valence-corrected chi connectivity index (χ0v) is 19.7. The summed E-state index contributed by atoms with van der Waals surface area (Å²) in [6.45, 7) is 3.86. The number of piperidine rings is 1. The van der Waals surface area contributed by atoms with Crippen LogP contribution in [0.25, 0.3) is 0 Å². The van der Waals surface area contributed by atoms with Crippen molar-refractivity contribution in [2.24, 2.45) is 5.92 Å². The normalized spacial score (nSPS) is 26.2. The second-order valence-corrected chi connectivity index (χ2v) is 9.64. The van der Waals surface area contributed by atoms with Crippen molar-refractivity contribution in [2.75, 3.05) is 26.2 Å². The van der Waals surface area contributed by atoms with Crippen molar-refractivity contribution < 1.29 is 23.5 Å². The number of carbonyl (C=O) groups is 3. The molecule has 0 bridgehead atoms. The summed E-state index contributed by atoms with van der Waals surface area (Å²) < 4.78 is 19.7. The Bertz CT molecular complexity index is 895. The lowest BCUT2D eigenvalue weighted by Crippen LogP contribution is -2.56. The molecule has 4 rings (SSSR count). The number of urea groups is 1. The molecular weight excluding hydrogens is 449 g/mol. The molecule has 0 radical (unpaired) electrons. The molecule has 3 heterocycles. The first-order valence-electron chi connectivity index (χ1n) is 11.8. The average Bonchev–Trinajstić information content (AvgIpc) is 3.40. The highest BCUT2D eigenvalue weighted by Crippen LogP contribution is 2.37. The van der Waals surface area contributed by atoms with Gasteiger partial charge in [0.1, 0.15) is 11.4 Å². The third-order valence-corrected chi connectivity index (χ3v) is 7.54. The maximum absolute atomic E-state index is 14.1. The van der Waals surface area contributed by atoms with Gasteiger partial charge in [-0.3, -0.25) is 14.5 Å². The molecule has 0 aromatic heterocycles. The van der Waals surface area contributed by atoms with Crippen molar-refractivity contribution in [1.82, 2.24) is 15.1 Å². The van der Waals surface area contributed by atoms with Gasteiger partial charge in [0.25, 0.3) is 5.91 Å². The summed E-state index contributed by atoms with van der Waals surface area (Å²) in [6.07, 6.45) is 4.10. The molecule has 7 nitrogen and oxygen atoms in total. The van der Waals surface area contributed by atoms with Gasteiger partial charge in [-0.15, -0.1) is 0 Å². The van der Waals surface area contributed by atoms with E-state index >= 15 is 0 Å². The van der Waals surface area contributed by atoms with Crippen molar-refractivity contribution in [1.29, 1.82) is 0 Å². The standard InChI is InChI=1S/C24H31ClFN3O4/c1-2-10-24(22(31)29(23(32)27-24)15-17-5-4-13-33-17)16-8-11-28(12-9-16)21(30)14-18-19(25)6-3-7-20(18)26/h3,6-7,16-17H,2,4-5,8-15H2,1H3,(H,27,32). The zero-order valence-electron chi connectivity index (χ0n) is 18.9. The second-order valence-electron chi connectivity index (χ2n) is 9.23. The van der Waals surface area contributed by atoms with Gasteiger partial charge in [-0.05, 0) is 50.2 Å². The molecule has 2 atom stereocenters. The van der Waals surface area contributed by atoms with E-state index in [0.717, 1.165) is 19.3 Å². The van der Waals surface area contributed by atoms with E-state index in [1.807, 2.05) is 6.92 Å². The molecule has 2 unspecified atom stereocenters. The highest BCUT2D eigenvalue weighted by Gasteiger charge is 2.55. The number of amides is 4. The van der Waals surface area contributed by atoms with Crippen LogP contribution in [0.2, 0.25) is 5.02 Å². The molecule has 1 N–H and O–H groups in total. The number of nitrogens with one attached hydrogen (secondary N) is 1. The van der Waals surface area contributed by atoms with Gasteiger partial charge in [0.05, 0.1) is 19.1 Å². The van der Waals surface area contributed by atoms with E-state index in [0.29, 0.717) is 39.0 Å². The number of ether oxygens (including phenoxy) is 1. The fraction of sp³-hybridized carbons (Fsp3) is 0.625. The third-order valence-electron chi connectivity index (χ3n) is 7.19. The van der Waals surface area contributed by atoms with Crippen LogP contribution in [-0.2, 0) is 20.7 Å². The summed E-state index contributed by atoms with van der Waals surface area (Å²) in [6, 6.07) is 4.03. The Balaban J connectivity index is 1.42. The lowest BCUT2D eigenvalue weighted by Gasteiger charge is -2.41. The molecule has 3 aliphatic heterocycles. The summed E-state index contributed by atoms with van der Waals surface area (Å²) in [4.78, 5) is 42.1. The van der Waals surface area contributed by atoms with Crippen LogP contribution >= 0.6 is 11.6 Å². The molecule has 3 aliphatic rings. The molecule has 0 saturated carbocycles. The highest BCUT2D eigenvalue weighted by atomic mass is 35.5. The van der Waals surface area contributed by atoms with Gasteiger partial charge in [-0.25, -0.2) is 9.18 Å². The number of carbonyl (C=O) groups excluding carboxylic acids is 3. The highest BCUT2D eigenvalue weighted by molar-refractivity contribution is 6.31. The number of hydrogen-bond acceptors (Lipinski definition) is 4. The minimum Gasteiger partial charge on any atom is -0.376 e. The van der Waals surface area contributed by atoms with Gasteiger partial charge in [-0.1, -0.05) is 31.0 Å².